The number of ether oxygens (including phenoxy) is 1. The van der Waals surface area contributed by atoms with Gasteiger partial charge in [0.05, 0.1) is 18.5 Å². The minimum atomic E-state index is -1.39. The minimum Gasteiger partial charge on any atom is -0.507 e. The van der Waals surface area contributed by atoms with E-state index in [0.29, 0.717) is 38.4 Å². The molecular weight excluding hydrogens is 513 g/mol. The Hall–Kier alpha value is -4.52. The number of aromatic hydroxyl groups is 1. The lowest BCUT2D eigenvalue weighted by atomic mass is 10.1. The third kappa shape index (κ3) is 5.82. The summed E-state index contributed by atoms with van der Waals surface area (Å²) >= 11 is 0. The second-order valence-corrected chi connectivity index (χ2v) is 8.89. The van der Waals surface area contributed by atoms with E-state index in [-0.39, 0.29) is 47.2 Å². The molecule has 3 N–H and O–H groups in total. The lowest BCUT2D eigenvalue weighted by molar-refractivity contribution is -0.117. The molecule has 0 unspecified atom stereocenters. The number of phenols is 1. The van der Waals surface area contributed by atoms with Crippen LogP contribution in [-0.2, 0) is 16.1 Å². The number of pyridine rings is 2. The summed E-state index contributed by atoms with van der Waals surface area (Å²) in [7, 11) is 0. The van der Waals surface area contributed by atoms with Crippen LogP contribution in [0.4, 0.5) is 15.9 Å². The third-order valence-electron chi connectivity index (χ3n) is 6.37. The first-order chi connectivity index (χ1) is 18.6. The summed E-state index contributed by atoms with van der Waals surface area (Å²) < 4.78 is 21.4. The van der Waals surface area contributed by atoms with Crippen LogP contribution in [0, 0.1) is 5.82 Å². The Morgan fingerprint density at radius 1 is 1.10 bits per heavy atom. The number of rotatable bonds is 8. The second-order valence-electron chi connectivity index (χ2n) is 8.89. The number of aromatic nitrogens is 2. The van der Waals surface area contributed by atoms with Crippen LogP contribution in [0.5, 0.6) is 5.75 Å². The number of hydrogen-bond acceptors (Lipinski definition) is 9. The fourth-order valence-corrected chi connectivity index (χ4v) is 4.40. The predicted molar refractivity (Wildman–Crippen MR) is 140 cm³/mol. The number of carbonyl (C=O) groups excluding carboxylic acids is 2. The average Bonchev–Trinajstić information content (AvgIpc) is 2.89. The summed E-state index contributed by atoms with van der Waals surface area (Å²) in [5, 5.41) is 22.0. The average molecular weight is 542 g/mol. The summed E-state index contributed by atoms with van der Waals surface area (Å²) in [5.41, 5.74) is -0.725. The number of esters is 1. The van der Waals surface area contributed by atoms with Crippen molar-refractivity contribution in [3.8, 4) is 5.75 Å². The highest BCUT2D eigenvalue weighted by Gasteiger charge is 2.25. The molecule has 12 nitrogen and oxygen atoms in total. The number of aryl methyl sites for hydroxylation is 1. The van der Waals surface area contributed by atoms with E-state index in [0.717, 1.165) is 6.07 Å². The number of piperazine rings is 1. The van der Waals surface area contributed by atoms with Crippen molar-refractivity contribution in [1.29, 1.82) is 0 Å². The number of amides is 1. The number of benzene rings is 1. The smallest absolute Gasteiger partial charge is 0.341 e. The highest BCUT2D eigenvalue weighted by Crippen LogP contribution is 2.24. The number of anilines is 2. The predicted octanol–water partition coefficient (Wildman–Crippen LogP) is 1.90. The molecule has 1 aliphatic rings. The van der Waals surface area contributed by atoms with Crippen LogP contribution in [0.3, 0.4) is 0 Å². The fraction of sp³-hybridized carbons (Fsp3) is 0.346. The largest absolute Gasteiger partial charge is 0.507 e. The highest BCUT2D eigenvalue weighted by atomic mass is 19.1. The molecule has 0 spiro atoms. The Bertz CT molecular complexity index is 1500. The van der Waals surface area contributed by atoms with E-state index in [4.69, 9.17) is 4.74 Å². The van der Waals surface area contributed by atoms with E-state index in [1.807, 2.05) is 4.90 Å². The Balaban J connectivity index is 1.41. The van der Waals surface area contributed by atoms with Crippen LogP contribution in [-0.4, -0.2) is 81.8 Å². The first kappa shape index (κ1) is 27.5. The molecule has 0 radical (unpaired) electrons. The lowest BCUT2D eigenvalue weighted by Crippen LogP contribution is -2.49. The minimum absolute atomic E-state index is 0.00115. The van der Waals surface area contributed by atoms with Crippen molar-refractivity contribution in [2.45, 2.75) is 20.4 Å². The maximum Gasteiger partial charge on any atom is 0.341 e. The second kappa shape index (κ2) is 11.5. The van der Waals surface area contributed by atoms with Crippen molar-refractivity contribution in [2.75, 3.05) is 49.5 Å². The number of carboxylic acid groups (broad SMARTS) is 1. The van der Waals surface area contributed by atoms with Gasteiger partial charge in [-0.1, -0.05) is 0 Å². The molecule has 13 heteroatoms. The van der Waals surface area contributed by atoms with E-state index in [2.05, 4.69) is 10.3 Å². The standard InChI is InChI=1S/C26H28FN5O7/c1-3-31-13-18(25(36)37)22(35)17-12-19(27)24(29-23(17)31)32-9-7-30(8-10-32)14-21(34)28-15-5-6-16(20(33)11-15)26(38)39-4-2/h5-6,11-13,33H,3-4,7-10,14H2,1-2H3,(H,28,34)(H,36,37). The lowest BCUT2D eigenvalue weighted by Gasteiger charge is -2.35. The number of phenolic OH excluding ortho intramolecular Hbond substituents is 1. The van der Waals surface area contributed by atoms with Crippen LogP contribution >= 0.6 is 0 Å². The number of aromatic carboxylic acids is 1. The van der Waals surface area contributed by atoms with E-state index in [1.165, 1.54) is 29.0 Å². The molecule has 0 atom stereocenters. The van der Waals surface area contributed by atoms with Crippen molar-refractivity contribution >= 4 is 40.4 Å². The highest BCUT2D eigenvalue weighted by molar-refractivity contribution is 5.96. The van der Waals surface area contributed by atoms with Crippen molar-refractivity contribution < 1.29 is 33.7 Å². The molecule has 0 aliphatic carbocycles. The summed E-state index contributed by atoms with van der Waals surface area (Å²) in [5.74, 6) is -3.37. The Morgan fingerprint density at radius 2 is 1.82 bits per heavy atom. The number of carbonyl (C=O) groups is 3. The maximum absolute atomic E-state index is 15.0. The monoisotopic (exact) mass is 541 g/mol. The molecule has 3 heterocycles. The topological polar surface area (TPSA) is 154 Å². The number of nitrogens with one attached hydrogen (secondary N) is 1. The van der Waals surface area contributed by atoms with Crippen LogP contribution < -0.4 is 15.6 Å². The summed E-state index contributed by atoms with van der Waals surface area (Å²) in [6.07, 6.45) is 1.21. The molecule has 1 aromatic carbocycles. The zero-order valence-corrected chi connectivity index (χ0v) is 21.4. The molecule has 206 valence electrons. The fourth-order valence-electron chi connectivity index (χ4n) is 4.40. The van der Waals surface area contributed by atoms with E-state index in [9.17, 15) is 29.4 Å². The quantitative estimate of drug-likeness (QED) is 0.360. The van der Waals surface area contributed by atoms with Crippen molar-refractivity contribution in [3.05, 3.63) is 57.6 Å². The van der Waals surface area contributed by atoms with Crippen LogP contribution in [0.2, 0.25) is 0 Å². The number of fused-ring (bicyclic) bond motifs is 1. The number of halogens is 1. The molecule has 0 saturated carbocycles. The molecule has 1 saturated heterocycles. The Morgan fingerprint density at radius 3 is 2.44 bits per heavy atom. The van der Waals surface area contributed by atoms with Gasteiger partial charge in [0, 0.05) is 50.7 Å². The zero-order valence-electron chi connectivity index (χ0n) is 21.4. The van der Waals surface area contributed by atoms with Crippen LogP contribution in [0.15, 0.2) is 35.3 Å². The molecule has 1 fully saturated rings. The van der Waals surface area contributed by atoms with Gasteiger partial charge in [-0.05, 0) is 32.0 Å². The molecule has 39 heavy (non-hydrogen) atoms. The molecule has 3 aromatic rings. The van der Waals surface area contributed by atoms with Gasteiger partial charge >= 0.3 is 11.9 Å². The van der Waals surface area contributed by atoms with Crippen LogP contribution in [0.1, 0.15) is 34.6 Å². The van der Waals surface area contributed by atoms with Crippen LogP contribution in [0.25, 0.3) is 11.0 Å². The van der Waals surface area contributed by atoms with Gasteiger partial charge in [-0.3, -0.25) is 14.5 Å². The molecule has 0 bridgehead atoms. The normalized spacial score (nSPS) is 13.9. The number of carboxylic acids is 1. The SMILES string of the molecule is CCOC(=O)c1ccc(NC(=O)CN2CCN(c3nc4c(cc3F)c(=O)c(C(=O)O)cn4CC)CC2)cc1O. The third-order valence-corrected chi connectivity index (χ3v) is 6.37. The van der Waals surface area contributed by atoms with Gasteiger partial charge in [0.15, 0.2) is 11.6 Å². The summed E-state index contributed by atoms with van der Waals surface area (Å²) in [6, 6.07) is 5.16. The molecule has 2 aromatic heterocycles. The first-order valence-corrected chi connectivity index (χ1v) is 12.4. The van der Waals surface area contributed by atoms with E-state index >= 15 is 4.39 Å². The van der Waals surface area contributed by atoms with Crippen molar-refractivity contribution in [2.24, 2.45) is 0 Å². The Labute approximate surface area is 222 Å². The number of nitrogens with zero attached hydrogens (tertiary/aromatic N) is 4. The molecular formula is C26H28FN5O7. The molecule has 1 amide bonds. The maximum atomic E-state index is 15.0. The van der Waals surface area contributed by atoms with Gasteiger partial charge in [-0.25, -0.2) is 19.0 Å². The van der Waals surface area contributed by atoms with Gasteiger partial charge in [-0.2, -0.15) is 0 Å². The van der Waals surface area contributed by atoms with Crippen molar-refractivity contribution in [1.82, 2.24) is 14.5 Å². The van der Waals surface area contributed by atoms with Gasteiger partial charge in [0.1, 0.15) is 22.5 Å². The molecule has 1 aliphatic heterocycles. The van der Waals surface area contributed by atoms with Gasteiger partial charge in [0.25, 0.3) is 0 Å². The van der Waals surface area contributed by atoms with Gasteiger partial charge in [-0.15, -0.1) is 0 Å². The number of hydrogen-bond donors (Lipinski definition) is 3. The van der Waals surface area contributed by atoms with E-state index in [1.54, 1.807) is 18.7 Å². The summed E-state index contributed by atoms with van der Waals surface area (Å²) in [6.45, 7) is 5.55. The summed E-state index contributed by atoms with van der Waals surface area (Å²) in [4.78, 5) is 56.3. The van der Waals surface area contributed by atoms with E-state index < -0.39 is 28.7 Å². The molecule has 4 rings (SSSR count). The van der Waals surface area contributed by atoms with Gasteiger partial charge < -0.3 is 29.7 Å². The zero-order chi connectivity index (χ0) is 28.3. The van der Waals surface area contributed by atoms with Crippen molar-refractivity contribution in [3.63, 3.8) is 0 Å². The Kier molecular flexibility index (Phi) is 8.10. The van der Waals surface area contributed by atoms with Gasteiger partial charge in [0.2, 0.25) is 11.3 Å². The first-order valence-electron chi connectivity index (χ1n) is 12.4.